The minimum Gasteiger partial charge on any atom is -0.494 e. The molecule has 0 spiro atoms. The van der Waals surface area contributed by atoms with Crippen LogP contribution in [-0.4, -0.2) is 37.7 Å². The van der Waals surface area contributed by atoms with Crippen molar-refractivity contribution in [2.45, 2.75) is 20.0 Å². The Bertz CT molecular complexity index is 841. The van der Waals surface area contributed by atoms with Crippen molar-refractivity contribution in [3.05, 3.63) is 64.4 Å². The van der Waals surface area contributed by atoms with Crippen molar-refractivity contribution in [3.63, 3.8) is 0 Å². The summed E-state index contributed by atoms with van der Waals surface area (Å²) < 4.78 is 47.3. The molecular formula is C18H22ClFN2O3S. The molecule has 0 N–H and O–H groups in total. The van der Waals surface area contributed by atoms with Crippen LogP contribution in [0.5, 0.6) is 5.75 Å². The molecule has 0 saturated carbocycles. The predicted octanol–water partition coefficient (Wildman–Crippen LogP) is 3.69. The topological polar surface area (TPSA) is 49.9 Å². The zero-order valence-corrected chi connectivity index (χ0v) is 16.5. The molecule has 0 aliphatic heterocycles. The summed E-state index contributed by atoms with van der Waals surface area (Å²) in [5.74, 6) is 0.0979. The molecule has 8 heteroatoms. The minimum atomic E-state index is -3.81. The van der Waals surface area contributed by atoms with Gasteiger partial charge in [0.05, 0.1) is 6.61 Å². The molecule has 0 atom stereocenters. The van der Waals surface area contributed by atoms with Gasteiger partial charge in [-0.2, -0.15) is 17.0 Å². The Labute approximate surface area is 159 Å². The van der Waals surface area contributed by atoms with Crippen molar-refractivity contribution in [1.82, 2.24) is 8.61 Å². The van der Waals surface area contributed by atoms with E-state index in [4.69, 9.17) is 16.3 Å². The van der Waals surface area contributed by atoms with Crippen LogP contribution in [0.25, 0.3) is 0 Å². The van der Waals surface area contributed by atoms with Crippen molar-refractivity contribution in [3.8, 4) is 5.75 Å². The third-order valence-corrected chi connectivity index (χ3v) is 6.08. The van der Waals surface area contributed by atoms with Crippen LogP contribution in [0.3, 0.4) is 0 Å². The molecule has 0 amide bonds. The molecule has 2 aromatic carbocycles. The van der Waals surface area contributed by atoms with E-state index < -0.39 is 16.0 Å². The zero-order valence-electron chi connectivity index (χ0n) is 14.9. The van der Waals surface area contributed by atoms with E-state index in [1.165, 1.54) is 36.6 Å². The smallest absolute Gasteiger partial charge is 0.282 e. The van der Waals surface area contributed by atoms with Gasteiger partial charge < -0.3 is 4.74 Å². The Hall–Kier alpha value is -1.67. The van der Waals surface area contributed by atoms with Gasteiger partial charge in [0.1, 0.15) is 11.6 Å². The number of hydrogen-bond acceptors (Lipinski definition) is 3. The first-order valence-corrected chi connectivity index (χ1v) is 9.86. The molecule has 0 fully saturated rings. The van der Waals surface area contributed by atoms with E-state index in [0.29, 0.717) is 12.4 Å². The molecule has 0 saturated heterocycles. The molecule has 0 radical (unpaired) electrons. The van der Waals surface area contributed by atoms with Gasteiger partial charge in [0.2, 0.25) is 0 Å². The van der Waals surface area contributed by atoms with Crippen LogP contribution < -0.4 is 4.74 Å². The van der Waals surface area contributed by atoms with Crippen molar-refractivity contribution < 1.29 is 17.5 Å². The molecule has 0 bridgehead atoms. The summed E-state index contributed by atoms with van der Waals surface area (Å²) in [5.41, 5.74) is 0.890. The standard InChI is InChI=1S/C18H22ClFN2O3S/c1-4-25-18-11-6-5-8-14(18)12-21(2)26(23,24)22(3)13-15-16(19)9-7-10-17(15)20/h5-11H,4,12-13H2,1-3H3. The first-order valence-electron chi connectivity index (χ1n) is 8.08. The SMILES string of the molecule is CCOc1ccccc1CN(C)S(=O)(=O)N(C)Cc1c(F)cccc1Cl. The second-order valence-electron chi connectivity index (χ2n) is 5.76. The summed E-state index contributed by atoms with van der Waals surface area (Å²) >= 11 is 6.00. The van der Waals surface area contributed by atoms with E-state index in [1.54, 1.807) is 6.07 Å². The summed E-state index contributed by atoms with van der Waals surface area (Å²) in [6.45, 7) is 2.32. The molecule has 0 unspecified atom stereocenters. The Morgan fingerprint density at radius 2 is 1.69 bits per heavy atom. The molecule has 0 aliphatic carbocycles. The van der Waals surface area contributed by atoms with E-state index in [1.807, 2.05) is 25.1 Å². The van der Waals surface area contributed by atoms with Gasteiger partial charge in [-0.15, -0.1) is 0 Å². The maximum atomic E-state index is 13.9. The van der Waals surface area contributed by atoms with Gasteiger partial charge >= 0.3 is 0 Å². The first-order chi connectivity index (χ1) is 12.3. The van der Waals surface area contributed by atoms with Gasteiger partial charge in [0.15, 0.2) is 0 Å². The van der Waals surface area contributed by atoms with Gasteiger partial charge in [0, 0.05) is 43.3 Å². The number of benzene rings is 2. The summed E-state index contributed by atoms with van der Waals surface area (Å²) in [7, 11) is -0.953. The Balaban J connectivity index is 2.18. The molecule has 26 heavy (non-hydrogen) atoms. The maximum absolute atomic E-state index is 13.9. The van der Waals surface area contributed by atoms with Gasteiger partial charge in [0.25, 0.3) is 10.2 Å². The molecule has 0 aliphatic rings. The highest BCUT2D eigenvalue weighted by Gasteiger charge is 2.26. The monoisotopic (exact) mass is 400 g/mol. The molecule has 0 heterocycles. The van der Waals surface area contributed by atoms with Gasteiger partial charge in [-0.1, -0.05) is 35.9 Å². The number of ether oxygens (including phenoxy) is 1. The number of para-hydroxylation sites is 1. The molecule has 0 aromatic heterocycles. The van der Waals surface area contributed by atoms with E-state index in [0.717, 1.165) is 9.87 Å². The second kappa shape index (κ2) is 8.81. The molecule has 142 valence electrons. The lowest BCUT2D eigenvalue weighted by atomic mass is 10.2. The fraction of sp³-hybridized carbons (Fsp3) is 0.333. The molecule has 5 nitrogen and oxygen atoms in total. The highest BCUT2D eigenvalue weighted by molar-refractivity contribution is 7.86. The Morgan fingerprint density at radius 1 is 1.04 bits per heavy atom. The first kappa shape index (κ1) is 20.6. The largest absolute Gasteiger partial charge is 0.494 e. The quantitative estimate of drug-likeness (QED) is 0.679. The lowest BCUT2D eigenvalue weighted by Gasteiger charge is -2.25. The molecular weight excluding hydrogens is 379 g/mol. The summed E-state index contributed by atoms with van der Waals surface area (Å²) in [4.78, 5) is 0. The van der Waals surface area contributed by atoms with E-state index in [9.17, 15) is 12.8 Å². The average molecular weight is 401 g/mol. The fourth-order valence-electron chi connectivity index (χ4n) is 2.48. The highest BCUT2D eigenvalue weighted by atomic mass is 35.5. The normalized spacial score (nSPS) is 12.0. The number of hydrogen-bond donors (Lipinski definition) is 0. The van der Waals surface area contributed by atoms with Crippen LogP contribution in [0, 0.1) is 5.82 Å². The highest BCUT2D eigenvalue weighted by Crippen LogP contribution is 2.24. The lowest BCUT2D eigenvalue weighted by molar-refractivity contribution is 0.329. The zero-order chi connectivity index (χ0) is 19.3. The summed E-state index contributed by atoms with van der Waals surface area (Å²) in [6.07, 6.45) is 0. The Morgan fingerprint density at radius 3 is 2.35 bits per heavy atom. The fourth-order valence-corrected chi connectivity index (χ4v) is 3.77. The van der Waals surface area contributed by atoms with Crippen molar-refractivity contribution >= 4 is 21.8 Å². The lowest BCUT2D eigenvalue weighted by Crippen LogP contribution is -2.39. The summed E-state index contributed by atoms with van der Waals surface area (Å²) in [5, 5.41) is 0.191. The third-order valence-electron chi connectivity index (χ3n) is 3.90. The van der Waals surface area contributed by atoms with Crippen LogP contribution in [0.1, 0.15) is 18.1 Å². The predicted molar refractivity (Wildman–Crippen MR) is 101 cm³/mol. The summed E-state index contributed by atoms with van der Waals surface area (Å²) in [6, 6.07) is 11.5. The van der Waals surface area contributed by atoms with Gasteiger partial charge in [-0.05, 0) is 25.1 Å². The second-order valence-corrected chi connectivity index (χ2v) is 8.31. The van der Waals surface area contributed by atoms with Gasteiger partial charge in [-0.3, -0.25) is 0 Å². The van der Waals surface area contributed by atoms with Crippen LogP contribution in [0.15, 0.2) is 42.5 Å². The van der Waals surface area contributed by atoms with E-state index in [-0.39, 0.29) is 23.7 Å². The minimum absolute atomic E-state index is 0.133. The average Bonchev–Trinajstić information content (AvgIpc) is 2.60. The van der Waals surface area contributed by atoms with Crippen LogP contribution >= 0.6 is 11.6 Å². The molecule has 2 aromatic rings. The van der Waals surface area contributed by atoms with E-state index >= 15 is 0 Å². The van der Waals surface area contributed by atoms with Crippen molar-refractivity contribution in [2.24, 2.45) is 0 Å². The van der Waals surface area contributed by atoms with Crippen LogP contribution in [0.2, 0.25) is 5.02 Å². The Kier molecular flexibility index (Phi) is 7.00. The third kappa shape index (κ3) is 4.73. The number of rotatable bonds is 8. The molecule has 2 rings (SSSR count). The van der Waals surface area contributed by atoms with E-state index in [2.05, 4.69) is 0 Å². The number of nitrogens with zero attached hydrogens (tertiary/aromatic N) is 2. The number of halogens is 2. The van der Waals surface area contributed by atoms with Crippen molar-refractivity contribution in [1.29, 1.82) is 0 Å². The van der Waals surface area contributed by atoms with Crippen molar-refractivity contribution in [2.75, 3.05) is 20.7 Å². The van der Waals surface area contributed by atoms with Crippen LogP contribution in [-0.2, 0) is 23.3 Å². The van der Waals surface area contributed by atoms with Crippen LogP contribution in [0.4, 0.5) is 4.39 Å². The van der Waals surface area contributed by atoms with Gasteiger partial charge in [-0.25, -0.2) is 4.39 Å². The maximum Gasteiger partial charge on any atom is 0.282 e.